The number of nitrogens with one attached hydrogen (secondary N) is 1. The molecule has 1 heterocycles. The molecule has 1 saturated carbocycles. The van der Waals surface area contributed by atoms with Crippen molar-refractivity contribution in [1.82, 2.24) is 20.2 Å². The summed E-state index contributed by atoms with van der Waals surface area (Å²) in [7, 11) is 1.83. The summed E-state index contributed by atoms with van der Waals surface area (Å²) in [5.41, 5.74) is 0.196. The lowest BCUT2D eigenvalue weighted by Crippen LogP contribution is -2.62. The van der Waals surface area contributed by atoms with Gasteiger partial charge in [0.05, 0.1) is 12.3 Å². The molecule has 1 aromatic heterocycles. The van der Waals surface area contributed by atoms with Crippen LogP contribution in [0.25, 0.3) is 0 Å². The van der Waals surface area contributed by atoms with E-state index in [0.29, 0.717) is 0 Å². The van der Waals surface area contributed by atoms with Gasteiger partial charge in [-0.15, -0.1) is 0 Å². The number of hydrogen-bond acceptors (Lipinski definition) is 5. The fourth-order valence-electron chi connectivity index (χ4n) is 3.31. The molecule has 0 spiro atoms. The van der Waals surface area contributed by atoms with Gasteiger partial charge in [0.15, 0.2) is 0 Å². The second-order valence-electron chi connectivity index (χ2n) is 7.39. The molecule has 0 radical (unpaired) electrons. The largest absolute Gasteiger partial charge is 0.378 e. The fraction of sp³-hybridized carbons (Fsp3) is 0.684. The van der Waals surface area contributed by atoms with Gasteiger partial charge in [-0.3, -0.25) is 14.6 Å². The van der Waals surface area contributed by atoms with E-state index < -0.39 is 0 Å². The van der Waals surface area contributed by atoms with E-state index >= 15 is 0 Å². The quantitative estimate of drug-likeness (QED) is 0.680. The first-order valence-corrected chi connectivity index (χ1v) is 9.29. The Balaban J connectivity index is 1.75. The highest BCUT2D eigenvalue weighted by Crippen LogP contribution is 2.45. The Hall–Kier alpha value is -2.02. The summed E-state index contributed by atoms with van der Waals surface area (Å²) in [6, 6.07) is 0.164. The van der Waals surface area contributed by atoms with E-state index in [9.17, 15) is 9.59 Å². The monoisotopic (exact) mass is 362 g/mol. The van der Waals surface area contributed by atoms with Gasteiger partial charge in [0.1, 0.15) is 5.69 Å². The van der Waals surface area contributed by atoms with Crippen molar-refractivity contribution >= 4 is 11.8 Å². The number of amides is 2. The Morgan fingerprint density at radius 2 is 2.15 bits per heavy atom. The van der Waals surface area contributed by atoms with E-state index in [1.165, 1.54) is 18.6 Å². The summed E-state index contributed by atoms with van der Waals surface area (Å²) in [5.74, 6) is -0.295. The van der Waals surface area contributed by atoms with Crippen molar-refractivity contribution in [3.05, 3.63) is 24.3 Å². The van der Waals surface area contributed by atoms with E-state index in [4.69, 9.17) is 4.74 Å². The number of carbonyl (C=O) groups excluding carboxylic acids is 2. The number of ether oxygens (including phenoxy) is 1. The van der Waals surface area contributed by atoms with E-state index in [-0.39, 0.29) is 48.0 Å². The summed E-state index contributed by atoms with van der Waals surface area (Å²) in [6.07, 6.45) is 7.89. The topological polar surface area (TPSA) is 84.4 Å². The Morgan fingerprint density at radius 3 is 2.77 bits per heavy atom. The molecule has 1 N–H and O–H groups in total. The zero-order chi connectivity index (χ0) is 19.2. The van der Waals surface area contributed by atoms with Crippen LogP contribution in [-0.2, 0) is 9.53 Å². The summed E-state index contributed by atoms with van der Waals surface area (Å²) in [6.45, 7) is 7.51. The Morgan fingerprint density at radius 1 is 1.38 bits per heavy atom. The minimum Gasteiger partial charge on any atom is -0.378 e. The van der Waals surface area contributed by atoms with Gasteiger partial charge in [0, 0.05) is 50.5 Å². The van der Waals surface area contributed by atoms with Crippen LogP contribution in [0.2, 0.25) is 0 Å². The van der Waals surface area contributed by atoms with E-state index in [1.54, 1.807) is 4.90 Å². The second-order valence-corrected chi connectivity index (χ2v) is 7.39. The number of nitrogens with zero attached hydrogens (tertiary/aromatic N) is 3. The third-order valence-electron chi connectivity index (χ3n) is 5.22. The molecule has 26 heavy (non-hydrogen) atoms. The maximum atomic E-state index is 12.5. The van der Waals surface area contributed by atoms with Gasteiger partial charge in [0.25, 0.3) is 5.91 Å². The van der Waals surface area contributed by atoms with E-state index in [1.807, 2.05) is 7.05 Å². The van der Waals surface area contributed by atoms with Crippen molar-refractivity contribution < 1.29 is 14.3 Å². The van der Waals surface area contributed by atoms with Crippen molar-refractivity contribution in [3.8, 4) is 0 Å². The maximum absolute atomic E-state index is 12.5. The summed E-state index contributed by atoms with van der Waals surface area (Å²) in [5, 5.41) is 2.71. The van der Waals surface area contributed by atoms with E-state index in [0.717, 1.165) is 25.9 Å². The van der Waals surface area contributed by atoms with Gasteiger partial charge in [0.2, 0.25) is 5.91 Å². The smallest absolute Gasteiger partial charge is 0.271 e. The molecule has 1 aromatic rings. The molecule has 0 bridgehead atoms. The number of aromatic nitrogens is 2. The average Bonchev–Trinajstić information content (AvgIpc) is 2.64. The minimum absolute atomic E-state index is 0.0227. The first kappa shape index (κ1) is 20.3. The lowest BCUT2D eigenvalue weighted by Gasteiger charge is -2.55. The van der Waals surface area contributed by atoms with Crippen LogP contribution >= 0.6 is 0 Å². The average molecular weight is 362 g/mol. The Kier molecular flexibility index (Phi) is 7.08. The van der Waals surface area contributed by atoms with Crippen LogP contribution in [0.3, 0.4) is 0 Å². The van der Waals surface area contributed by atoms with Crippen molar-refractivity contribution in [1.29, 1.82) is 0 Å². The van der Waals surface area contributed by atoms with Crippen molar-refractivity contribution in [2.75, 3.05) is 20.2 Å². The molecule has 144 valence electrons. The van der Waals surface area contributed by atoms with Gasteiger partial charge < -0.3 is 15.0 Å². The van der Waals surface area contributed by atoms with E-state index in [2.05, 4.69) is 36.1 Å². The van der Waals surface area contributed by atoms with Crippen LogP contribution < -0.4 is 5.32 Å². The zero-order valence-electron chi connectivity index (χ0n) is 16.2. The highest BCUT2D eigenvalue weighted by atomic mass is 16.5. The predicted molar refractivity (Wildman–Crippen MR) is 98.6 cm³/mol. The molecular formula is C19H30N4O3. The van der Waals surface area contributed by atoms with Crippen LogP contribution in [0, 0.1) is 5.41 Å². The highest BCUT2D eigenvalue weighted by molar-refractivity contribution is 5.92. The summed E-state index contributed by atoms with van der Waals surface area (Å²) in [4.78, 5) is 34.0. The summed E-state index contributed by atoms with van der Waals surface area (Å²) < 4.78 is 5.95. The Bertz CT molecular complexity index is 606. The number of unbranched alkanes of at least 4 members (excludes halogenated alkanes) is 1. The molecule has 0 aromatic carbocycles. The normalized spacial score (nSPS) is 20.9. The zero-order valence-corrected chi connectivity index (χ0v) is 16.2. The van der Waals surface area contributed by atoms with Gasteiger partial charge in [-0.05, 0) is 12.8 Å². The first-order chi connectivity index (χ1) is 12.4. The molecule has 0 unspecified atom stereocenters. The molecular weight excluding hydrogens is 332 g/mol. The number of rotatable bonds is 9. The lowest BCUT2D eigenvalue weighted by molar-refractivity contribution is -0.164. The third kappa shape index (κ3) is 4.78. The standard InChI is InChI=1S/C19H30N4O3/c1-5-6-11-26-16-12-15(19(16,2)3)23(4)17(24)7-8-22-18(25)14-13-20-9-10-21-14/h9-10,13,15-16H,5-8,11-12H2,1-4H3,(H,22,25)/t15-,16-/m0/s1. The van der Waals surface area contributed by atoms with Crippen molar-refractivity contribution in [2.45, 2.75) is 58.6 Å². The molecule has 2 atom stereocenters. The molecule has 1 fully saturated rings. The van der Waals surface area contributed by atoms with Crippen LogP contribution in [0.1, 0.15) is 56.9 Å². The van der Waals surface area contributed by atoms with Crippen molar-refractivity contribution in [3.63, 3.8) is 0 Å². The van der Waals surface area contributed by atoms with Crippen molar-refractivity contribution in [2.24, 2.45) is 5.41 Å². The fourth-order valence-corrected chi connectivity index (χ4v) is 3.31. The molecule has 7 nitrogen and oxygen atoms in total. The van der Waals surface area contributed by atoms with Gasteiger partial charge in [-0.25, -0.2) is 4.98 Å². The molecule has 1 aliphatic rings. The Labute approximate surface area is 155 Å². The van der Waals surface area contributed by atoms with Crippen LogP contribution in [-0.4, -0.2) is 59.0 Å². The third-order valence-corrected chi connectivity index (χ3v) is 5.22. The second kappa shape index (κ2) is 9.07. The molecule has 2 amide bonds. The van der Waals surface area contributed by atoms with Gasteiger partial charge in [-0.1, -0.05) is 27.2 Å². The molecule has 7 heteroatoms. The van der Waals surface area contributed by atoms with Gasteiger partial charge >= 0.3 is 0 Å². The molecule has 2 rings (SSSR count). The minimum atomic E-state index is -0.318. The van der Waals surface area contributed by atoms with Gasteiger partial charge in [-0.2, -0.15) is 0 Å². The van der Waals surface area contributed by atoms with Crippen LogP contribution in [0.4, 0.5) is 0 Å². The molecule has 0 saturated heterocycles. The molecule has 1 aliphatic carbocycles. The van der Waals surface area contributed by atoms with Crippen LogP contribution in [0.5, 0.6) is 0 Å². The number of hydrogen-bond donors (Lipinski definition) is 1. The predicted octanol–water partition coefficient (Wildman–Crippen LogP) is 2.04. The van der Waals surface area contributed by atoms with Crippen LogP contribution in [0.15, 0.2) is 18.6 Å². The number of carbonyl (C=O) groups is 2. The molecule has 0 aliphatic heterocycles. The maximum Gasteiger partial charge on any atom is 0.271 e. The first-order valence-electron chi connectivity index (χ1n) is 9.29. The summed E-state index contributed by atoms with van der Waals surface area (Å²) >= 11 is 0. The SMILES string of the molecule is CCCCO[C@H]1C[C@H](N(C)C(=O)CCNC(=O)c2cnccn2)C1(C)C. The lowest BCUT2D eigenvalue weighted by atomic mass is 9.63. The highest BCUT2D eigenvalue weighted by Gasteiger charge is 2.51.